The third-order valence-electron chi connectivity index (χ3n) is 4.28. The second-order valence-corrected chi connectivity index (χ2v) is 7.18. The predicted octanol–water partition coefficient (Wildman–Crippen LogP) is 3.73. The first-order valence-corrected chi connectivity index (χ1v) is 9.74. The number of carbonyl (C=O) groups is 1. The number of amides is 1. The molecule has 0 bridgehead atoms. The Kier molecular flexibility index (Phi) is 5.56. The molecule has 0 aromatic carbocycles. The molecular formula is C19H24N4O2S. The number of furan rings is 1. The third-order valence-corrected chi connectivity index (χ3v) is 5.26. The minimum Gasteiger partial charge on any atom is -0.442 e. The summed E-state index contributed by atoms with van der Waals surface area (Å²) in [6.45, 7) is 6.50. The summed E-state index contributed by atoms with van der Waals surface area (Å²) in [5.41, 5.74) is 1.68. The van der Waals surface area contributed by atoms with E-state index in [0.717, 1.165) is 17.7 Å². The molecule has 0 aliphatic carbocycles. The lowest BCUT2D eigenvalue weighted by Crippen LogP contribution is -2.30. The van der Waals surface area contributed by atoms with Crippen molar-refractivity contribution in [3.63, 3.8) is 0 Å². The summed E-state index contributed by atoms with van der Waals surface area (Å²) >= 11 is 1.66. The average molecular weight is 372 g/mol. The lowest BCUT2D eigenvalue weighted by atomic mass is 10.1. The number of hydrogen-bond acceptors (Lipinski definition) is 5. The average Bonchev–Trinajstić information content (AvgIpc) is 3.24. The van der Waals surface area contributed by atoms with Crippen molar-refractivity contribution in [2.45, 2.75) is 39.7 Å². The highest BCUT2D eigenvalue weighted by atomic mass is 32.1. The van der Waals surface area contributed by atoms with E-state index in [4.69, 9.17) is 4.42 Å². The minimum atomic E-state index is -0.145. The number of hydrogen-bond donors (Lipinski definition) is 1. The van der Waals surface area contributed by atoms with Crippen LogP contribution in [0.2, 0.25) is 0 Å². The molecule has 26 heavy (non-hydrogen) atoms. The molecule has 7 heteroatoms. The van der Waals surface area contributed by atoms with E-state index in [1.807, 2.05) is 30.0 Å². The van der Waals surface area contributed by atoms with Crippen molar-refractivity contribution in [1.82, 2.24) is 14.9 Å². The highest BCUT2D eigenvalue weighted by molar-refractivity contribution is 7.10. The maximum atomic E-state index is 13.1. The lowest BCUT2D eigenvalue weighted by molar-refractivity contribution is 0.0935. The fourth-order valence-corrected chi connectivity index (χ4v) is 3.92. The zero-order valence-electron chi connectivity index (χ0n) is 15.6. The normalized spacial score (nSPS) is 13.3. The maximum absolute atomic E-state index is 13.1. The van der Waals surface area contributed by atoms with Crippen LogP contribution in [0.25, 0.3) is 11.1 Å². The van der Waals surface area contributed by atoms with Crippen molar-refractivity contribution in [3.8, 4) is 0 Å². The molecule has 1 atom stereocenters. The third kappa shape index (κ3) is 3.44. The number of aromatic nitrogens is 2. The summed E-state index contributed by atoms with van der Waals surface area (Å²) in [5.74, 6) is 0.416. The Morgan fingerprint density at radius 2 is 2.27 bits per heavy atom. The zero-order chi connectivity index (χ0) is 18.7. The van der Waals surface area contributed by atoms with Crippen LogP contribution in [0, 0.1) is 6.92 Å². The molecule has 3 heterocycles. The quantitative estimate of drug-likeness (QED) is 0.716. The van der Waals surface area contributed by atoms with Crippen LogP contribution >= 0.6 is 11.3 Å². The van der Waals surface area contributed by atoms with Gasteiger partial charge < -0.3 is 14.3 Å². The van der Waals surface area contributed by atoms with Crippen molar-refractivity contribution in [2.75, 3.05) is 6.54 Å². The first-order valence-electron chi connectivity index (χ1n) is 8.86. The number of nitrogens with one attached hydrogen (secondary N) is 1. The highest BCUT2D eigenvalue weighted by Gasteiger charge is 2.24. The second-order valence-electron chi connectivity index (χ2n) is 6.20. The monoisotopic (exact) mass is 372 g/mol. The van der Waals surface area contributed by atoms with Gasteiger partial charge in [-0.05, 0) is 31.7 Å². The Morgan fingerprint density at radius 3 is 2.92 bits per heavy atom. The van der Waals surface area contributed by atoms with Gasteiger partial charge in [0.15, 0.2) is 0 Å². The van der Waals surface area contributed by atoms with Gasteiger partial charge in [0.1, 0.15) is 11.2 Å². The smallest absolute Gasteiger partial charge is 0.256 e. The zero-order valence-corrected chi connectivity index (χ0v) is 16.4. The molecule has 3 aromatic rings. The molecule has 138 valence electrons. The Morgan fingerprint density at radius 1 is 1.46 bits per heavy atom. The molecule has 1 amide bonds. The van der Waals surface area contributed by atoms with E-state index in [0.29, 0.717) is 34.5 Å². The highest BCUT2D eigenvalue weighted by Crippen LogP contribution is 2.26. The fourth-order valence-electron chi connectivity index (χ4n) is 3.11. The number of aryl methyl sites for hydroxylation is 2. The SMILES string of the molecule is CCCC(NC(=O)c1c(C)oc2ncn(C)c(=NCC)c12)c1cccs1. The van der Waals surface area contributed by atoms with Crippen LogP contribution in [0.4, 0.5) is 0 Å². The Bertz CT molecular complexity index is 969. The standard InChI is InChI=1S/C19H24N4O2S/c1-5-8-13(14-9-7-10-26-14)22-18(24)15-12(3)25-19-16(15)17(20-6-2)23(4)11-21-19/h7,9-11,13H,5-6,8H2,1-4H3,(H,22,24). The topological polar surface area (TPSA) is 72.4 Å². The van der Waals surface area contributed by atoms with Gasteiger partial charge in [-0.1, -0.05) is 19.4 Å². The van der Waals surface area contributed by atoms with Crippen LogP contribution in [0.3, 0.4) is 0 Å². The van der Waals surface area contributed by atoms with Crippen LogP contribution in [-0.2, 0) is 7.05 Å². The van der Waals surface area contributed by atoms with Crippen LogP contribution < -0.4 is 10.8 Å². The number of carbonyl (C=O) groups excluding carboxylic acids is 1. The number of nitrogens with zero attached hydrogens (tertiary/aromatic N) is 3. The van der Waals surface area contributed by atoms with E-state index in [2.05, 4.69) is 28.3 Å². The van der Waals surface area contributed by atoms with E-state index in [-0.39, 0.29) is 11.9 Å². The van der Waals surface area contributed by atoms with Crippen LogP contribution in [-0.4, -0.2) is 22.0 Å². The molecular weight excluding hydrogens is 348 g/mol. The molecule has 0 saturated carbocycles. The summed E-state index contributed by atoms with van der Waals surface area (Å²) in [6, 6.07) is 4.06. The van der Waals surface area contributed by atoms with E-state index < -0.39 is 0 Å². The van der Waals surface area contributed by atoms with Gasteiger partial charge in [-0.25, -0.2) is 4.98 Å². The molecule has 3 rings (SSSR count). The van der Waals surface area contributed by atoms with Crippen molar-refractivity contribution in [2.24, 2.45) is 12.0 Å². The molecule has 0 radical (unpaired) electrons. The van der Waals surface area contributed by atoms with Gasteiger partial charge in [-0.2, -0.15) is 0 Å². The van der Waals surface area contributed by atoms with E-state index in [1.165, 1.54) is 0 Å². The summed E-state index contributed by atoms with van der Waals surface area (Å²) in [7, 11) is 1.87. The Labute approximate surface area is 156 Å². The van der Waals surface area contributed by atoms with Gasteiger partial charge in [0.2, 0.25) is 5.71 Å². The molecule has 0 spiro atoms. The van der Waals surface area contributed by atoms with Crippen molar-refractivity contribution >= 4 is 28.3 Å². The van der Waals surface area contributed by atoms with Gasteiger partial charge in [-0.15, -0.1) is 11.3 Å². The summed E-state index contributed by atoms with van der Waals surface area (Å²) in [6.07, 6.45) is 3.53. The van der Waals surface area contributed by atoms with Gasteiger partial charge in [0.05, 0.1) is 23.3 Å². The molecule has 1 unspecified atom stereocenters. The fraction of sp³-hybridized carbons (Fsp3) is 0.421. The van der Waals surface area contributed by atoms with E-state index in [9.17, 15) is 4.79 Å². The predicted molar refractivity (Wildman–Crippen MR) is 103 cm³/mol. The Balaban J connectivity index is 2.07. The molecule has 1 N–H and O–H groups in total. The van der Waals surface area contributed by atoms with Crippen molar-refractivity contribution in [3.05, 3.63) is 45.5 Å². The minimum absolute atomic E-state index is 0.00571. The first kappa shape index (κ1) is 18.4. The van der Waals surface area contributed by atoms with Crippen molar-refractivity contribution < 1.29 is 9.21 Å². The van der Waals surface area contributed by atoms with Gasteiger partial charge in [-0.3, -0.25) is 9.79 Å². The van der Waals surface area contributed by atoms with Gasteiger partial charge >= 0.3 is 0 Å². The Hall–Kier alpha value is -2.41. The van der Waals surface area contributed by atoms with Crippen LogP contribution in [0.15, 0.2) is 33.2 Å². The lowest BCUT2D eigenvalue weighted by Gasteiger charge is -2.16. The molecule has 0 aliphatic heterocycles. The molecule has 6 nitrogen and oxygen atoms in total. The first-order chi connectivity index (χ1) is 12.6. The summed E-state index contributed by atoms with van der Waals surface area (Å²) in [5, 5.41) is 5.88. The number of rotatable bonds is 6. The number of fused-ring (bicyclic) bond motifs is 1. The van der Waals surface area contributed by atoms with Crippen LogP contribution in [0.5, 0.6) is 0 Å². The number of thiophene rings is 1. The summed E-state index contributed by atoms with van der Waals surface area (Å²) < 4.78 is 7.57. The largest absolute Gasteiger partial charge is 0.442 e. The van der Waals surface area contributed by atoms with Crippen molar-refractivity contribution in [1.29, 1.82) is 0 Å². The molecule has 3 aromatic heterocycles. The molecule has 0 fully saturated rings. The van der Waals surface area contributed by atoms with Gasteiger partial charge in [0.25, 0.3) is 5.91 Å². The van der Waals surface area contributed by atoms with Gasteiger partial charge in [0, 0.05) is 18.5 Å². The van der Waals surface area contributed by atoms with E-state index in [1.54, 1.807) is 24.6 Å². The maximum Gasteiger partial charge on any atom is 0.256 e. The van der Waals surface area contributed by atoms with Crippen LogP contribution in [0.1, 0.15) is 53.7 Å². The summed E-state index contributed by atoms with van der Waals surface area (Å²) in [4.78, 5) is 23.2. The molecule has 0 aliphatic rings. The second kappa shape index (κ2) is 7.86. The van der Waals surface area contributed by atoms with E-state index >= 15 is 0 Å². The molecule has 0 saturated heterocycles.